The molecule has 1 aromatic heterocycles. The van der Waals surface area contributed by atoms with E-state index in [2.05, 4.69) is 41.4 Å². The van der Waals surface area contributed by atoms with Gasteiger partial charge < -0.3 is 14.4 Å². The number of carbonyl (C=O) groups is 2. The molecule has 1 aliphatic heterocycles. The molecular weight excluding hydrogens is 464 g/mol. The molecular formula is C31H32N2O4. The fraction of sp³-hybridized carbons (Fsp3) is 0.323. The number of rotatable bonds is 5. The van der Waals surface area contributed by atoms with Crippen molar-refractivity contribution in [3.05, 3.63) is 78.0 Å². The Labute approximate surface area is 217 Å². The monoisotopic (exact) mass is 496 g/mol. The van der Waals surface area contributed by atoms with E-state index in [0.717, 1.165) is 57.5 Å². The van der Waals surface area contributed by atoms with Crippen LogP contribution in [0.5, 0.6) is 0 Å². The highest BCUT2D eigenvalue weighted by Crippen LogP contribution is 2.32. The molecule has 0 bridgehead atoms. The lowest BCUT2D eigenvalue weighted by molar-refractivity contribution is -0.00808. The van der Waals surface area contributed by atoms with Crippen molar-refractivity contribution in [2.75, 3.05) is 13.2 Å². The standard InChI is InChI=1S/C31H32N2O4/c1-31(2,3)37-30(35)33(26-12-14-36-15-13-26)19-21-8-11-29-28(16-21)27(18-25(20-34)32-29)24-10-9-22-6-4-5-7-23(22)17-24/h4-11,16-18,20,26H,12-15,19H2,1-3H3. The first kappa shape index (κ1) is 24.9. The zero-order chi connectivity index (χ0) is 26.0. The number of hydrogen-bond acceptors (Lipinski definition) is 5. The highest BCUT2D eigenvalue weighted by Gasteiger charge is 2.30. The molecule has 6 nitrogen and oxygen atoms in total. The van der Waals surface area contributed by atoms with Crippen molar-refractivity contribution < 1.29 is 19.1 Å². The summed E-state index contributed by atoms with van der Waals surface area (Å²) in [6.45, 7) is 7.33. The van der Waals surface area contributed by atoms with E-state index in [4.69, 9.17) is 9.47 Å². The van der Waals surface area contributed by atoms with E-state index in [1.54, 1.807) is 0 Å². The third-order valence-electron chi connectivity index (χ3n) is 6.69. The summed E-state index contributed by atoms with van der Waals surface area (Å²) in [4.78, 5) is 31.3. The molecule has 0 unspecified atom stereocenters. The van der Waals surface area contributed by atoms with Crippen molar-refractivity contribution in [3.63, 3.8) is 0 Å². The molecule has 1 saturated heterocycles. The van der Waals surface area contributed by atoms with Crippen molar-refractivity contribution in [1.82, 2.24) is 9.88 Å². The molecule has 0 radical (unpaired) electrons. The average molecular weight is 497 g/mol. The number of pyridine rings is 1. The molecule has 2 heterocycles. The molecule has 1 fully saturated rings. The van der Waals surface area contributed by atoms with Crippen molar-refractivity contribution in [1.29, 1.82) is 0 Å². The van der Waals surface area contributed by atoms with Gasteiger partial charge in [0.1, 0.15) is 11.3 Å². The molecule has 0 N–H and O–H groups in total. The molecule has 6 heteroatoms. The number of ether oxygens (including phenoxy) is 2. The number of aldehydes is 1. The summed E-state index contributed by atoms with van der Waals surface area (Å²) in [5.74, 6) is 0. The number of carbonyl (C=O) groups excluding carboxylic acids is 2. The predicted molar refractivity (Wildman–Crippen MR) is 146 cm³/mol. The van der Waals surface area contributed by atoms with Crippen LogP contribution < -0.4 is 0 Å². The van der Waals surface area contributed by atoms with Gasteiger partial charge in [0, 0.05) is 31.2 Å². The molecule has 0 saturated carbocycles. The van der Waals surface area contributed by atoms with E-state index in [0.29, 0.717) is 25.5 Å². The minimum atomic E-state index is -0.581. The van der Waals surface area contributed by atoms with Gasteiger partial charge in [-0.15, -0.1) is 0 Å². The molecule has 5 rings (SSSR count). The lowest BCUT2D eigenvalue weighted by atomic mass is 9.96. The number of benzene rings is 3. The Kier molecular flexibility index (Phi) is 6.94. The first-order chi connectivity index (χ1) is 17.8. The molecule has 0 aliphatic carbocycles. The van der Waals surface area contributed by atoms with E-state index in [-0.39, 0.29) is 12.1 Å². The third kappa shape index (κ3) is 5.65. The van der Waals surface area contributed by atoms with Crippen LogP contribution in [0.1, 0.15) is 49.7 Å². The quantitative estimate of drug-likeness (QED) is 0.285. The van der Waals surface area contributed by atoms with Crippen LogP contribution in [0.4, 0.5) is 4.79 Å². The van der Waals surface area contributed by atoms with Crippen LogP contribution in [0.25, 0.3) is 32.8 Å². The maximum absolute atomic E-state index is 13.2. The van der Waals surface area contributed by atoms with Crippen LogP contribution in [0.2, 0.25) is 0 Å². The molecule has 3 aromatic carbocycles. The van der Waals surface area contributed by atoms with Crippen molar-refractivity contribution >= 4 is 34.1 Å². The summed E-state index contributed by atoms with van der Waals surface area (Å²) in [5, 5.41) is 3.23. The first-order valence-corrected chi connectivity index (χ1v) is 12.8. The molecule has 1 amide bonds. The largest absolute Gasteiger partial charge is 0.444 e. The number of amides is 1. The number of nitrogens with zero attached hydrogens (tertiary/aromatic N) is 2. The van der Waals surface area contributed by atoms with E-state index in [9.17, 15) is 9.59 Å². The van der Waals surface area contributed by atoms with E-state index >= 15 is 0 Å². The van der Waals surface area contributed by atoms with Crippen LogP contribution in [0.15, 0.2) is 66.7 Å². The lowest BCUT2D eigenvalue weighted by Crippen LogP contribution is -2.45. The lowest BCUT2D eigenvalue weighted by Gasteiger charge is -2.35. The summed E-state index contributed by atoms with van der Waals surface area (Å²) in [6, 6.07) is 22.4. The highest BCUT2D eigenvalue weighted by molar-refractivity contribution is 5.99. The molecule has 190 valence electrons. The maximum atomic E-state index is 13.2. The van der Waals surface area contributed by atoms with Gasteiger partial charge in [0.15, 0.2) is 6.29 Å². The van der Waals surface area contributed by atoms with E-state index in [1.807, 2.05) is 56.0 Å². The molecule has 0 atom stereocenters. The Balaban J connectivity index is 1.56. The Hall–Kier alpha value is -3.77. The van der Waals surface area contributed by atoms with Crippen molar-refractivity contribution in [3.8, 4) is 11.1 Å². The minimum absolute atomic E-state index is 0.0508. The molecule has 37 heavy (non-hydrogen) atoms. The van der Waals surface area contributed by atoms with Crippen LogP contribution >= 0.6 is 0 Å². The normalized spacial score (nSPS) is 14.6. The summed E-state index contributed by atoms with van der Waals surface area (Å²) >= 11 is 0. The van der Waals surface area contributed by atoms with E-state index in [1.165, 1.54) is 0 Å². The number of hydrogen-bond donors (Lipinski definition) is 0. The van der Waals surface area contributed by atoms with Crippen LogP contribution in [-0.4, -0.2) is 47.1 Å². The average Bonchev–Trinajstić information content (AvgIpc) is 2.90. The second kappa shape index (κ2) is 10.3. The van der Waals surface area contributed by atoms with Gasteiger partial charge in [-0.1, -0.05) is 42.5 Å². The Bertz CT molecular complexity index is 1450. The first-order valence-electron chi connectivity index (χ1n) is 12.8. The van der Waals surface area contributed by atoms with Gasteiger partial charge in [-0.2, -0.15) is 0 Å². The summed E-state index contributed by atoms with van der Waals surface area (Å²) in [5.41, 5.74) is 3.48. The Morgan fingerprint density at radius 2 is 1.78 bits per heavy atom. The van der Waals surface area contributed by atoms with Crippen LogP contribution in [-0.2, 0) is 16.0 Å². The van der Waals surface area contributed by atoms with Crippen LogP contribution in [0.3, 0.4) is 0 Å². The molecule has 4 aromatic rings. The van der Waals surface area contributed by atoms with Crippen LogP contribution in [0, 0.1) is 0 Å². The Morgan fingerprint density at radius 1 is 1.03 bits per heavy atom. The Morgan fingerprint density at radius 3 is 2.51 bits per heavy atom. The van der Waals surface area contributed by atoms with Gasteiger partial charge in [-0.25, -0.2) is 9.78 Å². The fourth-order valence-corrected chi connectivity index (χ4v) is 4.90. The zero-order valence-electron chi connectivity index (χ0n) is 21.6. The van der Waals surface area contributed by atoms with E-state index < -0.39 is 5.60 Å². The smallest absolute Gasteiger partial charge is 0.410 e. The number of aromatic nitrogens is 1. The molecule has 0 spiro atoms. The summed E-state index contributed by atoms with van der Waals surface area (Å²) in [7, 11) is 0. The van der Waals surface area contributed by atoms with Crippen molar-refractivity contribution in [2.24, 2.45) is 0 Å². The highest BCUT2D eigenvalue weighted by atomic mass is 16.6. The van der Waals surface area contributed by atoms with Gasteiger partial charge in [-0.3, -0.25) is 4.79 Å². The molecule has 1 aliphatic rings. The zero-order valence-corrected chi connectivity index (χ0v) is 21.6. The maximum Gasteiger partial charge on any atom is 0.410 e. The van der Waals surface area contributed by atoms with Gasteiger partial charge in [-0.05, 0) is 85.3 Å². The summed E-state index contributed by atoms with van der Waals surface area (Å²) in [6.07, 6.45) is 2.02. The predicted octanol–water partition coefficient (Wildman–Crippen LogP) is 6.78. The van der Waals surface area contributed by atoms with Gasteiger partial charge >= 0.3 is 6.09 Å². The SMILES string of the molecule is CC(C)(C)OC(=O)N(Cc1ccc2nc(C=O)cc(-c3ccc4ccccc4c3)c2c1)C1CCOCC1. The second-order valence-electron chi connectivity index (χ2n) is 10.6. The third-order valence-corrected chi connectivity index (χ3v) is 6.69. The topological polar surface area (TPSA) is 68.7 Å². The van der Waals surface area contributed by atoms with Gasteiger partial charge in [0.2, 0.25) is 0 Å². The summed E-state index contributed by atoms with van der Waals surface area (Å²) < 4.78 is 11.3. The van der Waals surface area contributed by atoms with Gasteiger partial charge in [0.05, 0.1) is 5.52 Å². The number of fused-ring (bicyclic) bond motifs is 2. The van der Waals surface area contributed by atoms with Crippen molar-refractivity contribution in [2.45, 2.75) is 51.8 Å². The fourth-order valence-electron chi connectivity index (χ4n) is 4.90. The second-order valence-corrected chi connectivity index (χ2v) is 10.6. The van der Waals surface area contributed by atoms with Gasteiger partial charge in [0.25, 0.3) is 0 Å². The minimum Gasteiger partial charge on any atom is -0.444 e.